The topological polar surface area (TPSA) is 110 Å². The molecule has 26 heavy (non-hydrogen) atoms. The van der Waals surface area contributed by atoms with Crippen LogP contribution in [0.4, 0.5) is 0 Å². The molecule has 0 radical (unpaired) electrons. The molecule has 0 aliphatic rings. The van der Waals surface area contributed by atoms with Crippen LogP contribution in [0.2, 0.25) is 0 Å². The molecule has 8 heteroatoms. The van der Waals surface area contributed by atoms with Gasteiger partial charge in [-0.25, -0.2) is 13.2 Å². The third-order valence-corrected chi connectivity index (χ3v) is 5.11. The normalized spacial score (nSPS) is 13.6. The van der Waals surface area contributed by atoms with Crippen LogP contribution in [0, 0.1) is 6.92 Å². The molecular formula is C18H19NO6S. The molecule has 2 aromatic rings. The van der Waals surface area contributed by atoms with Crippen LogP contribution in [0.15, 0.2) is 59.5 Å². The number of carboxylic acid groups (broad SMARTS) is 1. The van der Waals surface area contributed by atoms with E-state index in [-0.39, 0.29) is 10.5 Å². The van der Waals surface area contributed by atoms with Crippen molar-refractivity contribution in [2.45, 2.75) is 30.9 Å². The average molecular weight is 377 g/mol. The fraction of sp³-hybridized carbons (Fsp3) is 0.222. The molecule has 0 spiro atoms. The summed E-state index contributed by atoms with van der Waals surface area (Å²) in [6.45, 7) is 3.12. The molecule has 0 bridgehead atoms. The lowest BCUT2D eigenvalue weighted by Gasteiger charge is -2.21. The lowest BCUT2D eigenvalue weighted by Crippen LogP contribution is -2.49. The number of ether oxygens (including phenoxy) is 1. The zero-order valence-corrected chi connectivity index (χ0v) is 15.1. The minimum Gasteiger partial charge on any atom is -0.480 e. The maximum atomic E-state index is 12.4. The summed E-state index contributed by atoms with van der Waals surface area (Å²) in [5.74, 6) is -2.19. The minimum atomic E-state index is -4.09. The van der Waals surface area contributed by atoms with E-state index in [0.717, 1.165) is 5.56 Å². The van der Waals surface area contributed by atoms with Crippen molar-refractivity contribution in [3.05, 3.63) is 65.7 Å². The van der Waals surface area contributed by atoms with Crippen LogP contribution in [-0.4, -0.2) is 37.6 Å². The third-order valence-electron chi connectivity index (χ3n) is 3.65. The van der Waals surface area contributed by atoms with Crippen LogP contribution in [-0.2, 0) is 19.6 Å². The second-order valence-corrected chi connectivity index (χ2v) is 7.44. The lowest BCUT2D eigenvalue weighted by molar-refractivity contribution is -0.141. The summed E-state index contributed by atoms with van der Waals surface area (Å²) in [6.07, 6.45) is -1.22. The quantitative estimate of drug-likeness (QED) is 0.714. The van der Waals surface area contributed by atoms with Crippen molar-refractivity contribution >= 4 is 22.0 Å². The van der Waals surface area contributed by atoms with Crippen molar-refractivity contribution in [3.8, 4) is 0 Å². The molecule has 0 aliphatic carbocycles. The minimum absolute atomic E-state index is 0.0732. The van der Waals surface area contributed by atoms with Gasteiger partial charge < -0.3 is 9.84 Å². The highest BCUT2D eigenvalue weighted by Gasteiger charge is 2.32. The van der Waals surface area contributed by atoms with Crippen molar-refractivity contribution < 1.29 is 27.9 Å². The molecule has 0 heterocycles. The van der Waals surface area contributed by atoms with E-state index < -0.39 is 34.1 Å². The Kier molecular flexibility index (Phi) is 6.12. The number of nitrogens with one attached hydrogen (secondary N) is 1. The number of carboxylic acids is 1. The average Bonchev–Trinajstić information content (AvgIpc) is 2.60. The summed E-state index contributed by atoms with van der Waals surface area (Å²) in [4.78, 5) is 23.5. The molecule has 0 saturated heterocycles. The maximum absolute atomic E-state index is 12.4. The van der Waals surface area contributed by atoms with E-state index in [0.29, 0.717) is 0 Å². The fourth-order valence-corrected chi connectivity index (χ4v) is 3.44. The van der Waals surface area contributed by atoms with Gasteiger partial charge in [0.1, 0.15) is 6.10 Å². The molecule has 0 unspecified atom stereocenters. The molecule has 2 atom stereocenters. The van der Waals surface area contributed by atoms with E-state index in [1.807, 2.05) is 0 Å². The molecule has 0 fully saturated rings. The van der Waals surface area contributed by atoms with Crippen LogP contribution in [0.5, 0.6) is 0 Å². The SMILES string of the molecule is Cc1ccc(S(=O)(=O)N[C@H](C(=O)O)[C@H](C)OC(=O)c2ccccc2)cc1. The van der Waals surface area contributed by atoms with Crippen molar-refractivity contribution in [2.75, 3.05) is 0 Å². The van der Waals surface area contributed by atoms with Crippen LogP contribution < -0.4 is 4.72 Å². The molecule has 0 aromatic heterocycles. The largest absolute Gasteiger partial charge is 0.480 e. The summed E-state index contributed by atoms with van der Waals surface area (Å²) in [5.41, 5.74) is 1.11. The van der Waals surface area contributed by atoms with E-state index >= 15 is 0 Å². The lowest BCUT2D eigenvalue weighted by atomic mass is 10.2. The van der Waals surface area contributed by atoms with Gasteiger partial charge in [-0.15, -0.1) is 0 Å². The van der Waals surface area contributed by atoms with Gasteiger partial charge in [0.25, 0.3) is 0 Å². The van der Waals surface area contributed by atoms with Crippen molar-refractivity contribution in [2.24, 2.45) is 0 Å². The number of carbonyl (C=O) groups excluding carboxylic acids is 1. The standard InChI is InChI=1S/C18H19NO6S/c1-12-8-10-15(11-9-12)26(23,24)19-16(17(20)21)13(2)25-18(22)14-6-4-3-5-7-14/h3-11,13,16,19H,1-2H3,(H,20,21)/t13-,16-/m0/s1. The van der Waals surface area contributed by atoms with Crippen LogP contribution in [0.3, 0.4) is 0 Å². The highest BCUT2D eigenvalue weighted by molar-refractivity contribution is 7.89. The Morgan fingerprint density at radius 2 is 1.62 bits per heavy atom. The van der Waals surface area contributed by atoms with Crippen LogP contribution in [0.25, 0.3) is 0 Å². The van der Waals surface area contributed by atoms with E-state index in [2.05, 4.69) is 4.72 Å². The highest BCUT2D eigenvalue weighted by atomic mass is 32.2. The zero-order chi connectivity index (χ0) is 19.3. The number of sulfonamides is 1. The Morgan fingerprint density at radius 3 is 2.15 bits per heavy atom. The van der Waals surface area contributed by atoms with Crippen LogP contribution >= 0.6 is 0 Å². The Morgan fingerprint density at radius 1 is 1.04 bits per heavy atom. The first-order valence-electron chi connectivity index (χ1n) is 7.78. The molecular weight excluding hydrogens is 358 g/mol. The monoisotopic (exact) mass is 377 g/mol. The van der Waals surface area contributed by atoms with Gasteiger partial charge in [-0.1, -0.05) is 35.9 Å². The molecule has 138 valence electrons. The van der Waals surface area contributed by atoms with E-state index in [1.165, 1.54) is 31.2 Å². The third kappa shape index (κ3) is 4.90. The molecule has 0 amide bonds. The Bertz CT molecular complexity index is 878. The number of hydrogen-bond acceptors (Lipinski definition) is 5. The van der Waals surface area contributed by atoms with Gasteiger partial charge in [0, 0.05) is 0 Å². The second-order valence-electron chi connectivity index (χ2n) is 5.73. The first-order valence-corrected chi connectivity index (χ1v) is 9.27. The van der Waals surface area contributed by atoms with E-state index in [4.69, 9.17) is 4.74 Å². The smallest absolute Gasteiger partial charge is 0.338 e. The first kappa shape index (κ1) is 19.6. The molecule has 0 aliphatic heterocycles. The van der Waals surface area contributed by atoms with Gasteiger partial charge in [0.2, 0.25) is 10.0 Å². The predicted molar refractivity (Wildman–Crippen MR) is 94.2 cm³/mol. The van der Waals surface area contributed by atoms with Gasteiger partial charge in [0.15, 0.2) is 6.04 Å². The van der Waals surface area contributed by atoms with Crippen molar-refractivity contribution in [1.82, 2.24) is 4.72 Å². The maximum Gasteiger partial charge on any atom is 0.338 e. The predicted octanol–water partition coefficient (Wildman–Crippen LogP) is 1.97. The summed E-state index contributed by atoms with van der Waals surface area (Å²) in [7, 11) is -4.09. The summed E-state index contributed by atoms with van der Waals surface area (Å²) in [6, 6.07) is 12.3. The van der Waals surface area contributed by atoms with E-state index in [1.54, 1.807) is 37.3 Å². The summed E-state index contributed by atoms with van der Waals surface area (Å²) >= 11 is 0. The number of esters is 1. The molecule has 7 nitrogen and oxygen atoms in total. The number of hydrogen-bond donors (Lipinski definition) is 2. The van der Waals surface area contributed by atoms with Crippen molar-refractivity contribution in [3.63, 3.8) is 0 Å². The Labute approximate surface area is 151 Å². The van der Waals surface area contributed by atoms with Gasteiger partial charge in [-0.3, -0.25) is 4.79 Å². The van der Waals surface area contributed by atoms with Crippen molar-refractivity contribution in [1.29, 1.82) is 0 Å². The number of carbonyl (C=O) groups is 2. The highest BCUT2D eigenvalue weighted by Crippen LogP contribution is 2.13. The van der Waals surface area contributed by atoms with Gasteiger partial charge in [0.05, 0.1) is 10.5 Å². The summed E-state index contributed by atoms with van der Waals surface area (Å²) < 4.78 is 32.0. The molecule has 2 aromatic carbocycles. The van der Waals surface area contributed by atoms with E-state index in [9.17, 15) is 23.1 Å². The second kappa shape index (κ2) is 8.11. The Hall–Kier alpha value is -2.71. The molecule has 2 rings (SSSR count). The molecule has 2 N–H and O–H groups in total. The number of benzene rings is 2. The molecule has 0 saturated carbocycles. The Balaban J connectivity index is 2.16. The fourth-order valence-electron chi connectivity index (χ4n) is 2.18. The van der Waals surface area contributed by atoms with Gasteiger partial charge in [-0.05, 0) is 38.1 Å². The number of aryl methyl sites for hydroxylation is 1. The van der Waals surface area contributed by atoms with Crippen LogP contribution in [0.1, 0.15) is 22.8 Å². The number of rotatable bonds is 7. The van der Waals surface area contributed by atoms with Gasteiger partial charge >= 0.3 is 11.9 Å². The zero-order valence-electron chi connectivity index (χ0n) is 14.2. The summed E-state index contributed by atoms with van der Waals surface area (Å²) in [5, 5.41) is 9.36. The first-order chi connectivity index (χ1) is 12.2. The number of aliphatic carboxylic acids is 1. The van der Waals surface area contributed by atoms with Gasteiger partial charge in [-0.2, -0.15) is 4.72 Å².